The van der Waals surface area contributed by atoms with Crippen LogP contribution in [-0.2, 0) is 4.79 Å². The molecule has 3 heteroatoms. The molecule has 1 N–H and O–H groups in total. The van der Waals surface area contributed by atoms with Gasteiger partial charge in [-0.15, -0.1) is 0 Å². The normalized spacial score (nSPS) is 9.37. The Bertz CT molecular complexity index is 462. The molecule has 0 spiro atoms. The lowest BCUT2D eigenvalue weighted by atomic mass is 9.98. The molecule has 0 aliphatic carbocycles. The van der Waals surface area contributed by atoms with Crippen molar-refractivity contribution in [3.05, 3.63) is 42.0 Å². The number of carbonyl (C=O) groups is 2. The van der Waals surface area contributed by atoms with Gasteiger partial charge in [-0.1, -0.05) is 40.3 Å². The molecule has 0 aliphatic rings. The third-order valence-electron chi connectivity index (χ3n) is 2.53. The molecule has 0 radical (unpaired) electrons. The predicted molar refractivity (Wildman–Crippen MR) is 80.7 cm³/mol. The van der Waals surface area contributed by atoms with Gasteiger partial charge >= 0.3 is 0 Å². The van der Waals surface area contributed by atoms with Crippen LogP contribution in [0.15, 0.2) is 30.9 Å². The molecular formula is C16H23NO2. The van der Waals surface area contributed by atoms with Crippen molar-refractivity contribution in [2.75, 3.05) is 5.32 Å². The second-order valence-corrected chi connectivity index (χ2v) is 4.21. The number of anilines is 1. The van der Waals surface area contributed by atoms with Gasteiger partial charge in [0, 0.05) is 5.56 Å². The Kier molecular flexibility index (Phi) is 7.42. The summed E-state index contributed by atoms with van der Waals surface area (Å²) in [7, 11) is 0. The number of Topliss-reactive ketones (excluding diaryl/α,β-unsaturated/α-hetero) is 1. The maximum absolute atomic E-state index is 11.5. The van der Waals surface area contributed by atoms with E-state index in [0.29, 0.717) is 17.2 Å². The third kappa shape index (κ3) is 5.08. The van der Waals surface area contributed by atoms with E-state index < -0.39 is 0 Å². The van der Waals surface area contributed by atoms with Gasteiger partial charge in [0.1, 0.15) is 0 Å². The number of amides is 1. The highest BCUT2D eigenvalue weighted by atomic mass is 16.1. The van der Waals surface area contributed by atoms with Crippen molar-refractivity contribution < 1.29 is 9.59 Å². The van der Waals surface area contributed by atoms with Gasteiger partial charge in [0.25, 0.3) is 0 Å². The van der Waals surface area contributed by atoms with E-state index in [9.17, 15) is 9.59 Å². The molecule has 1 rings (SSSR count). The molecule has 1 aromatic carbocycles. The van der Waals surface area contributed by atoms with E-state index in [1.165, 1.54) is 13.0 Å². The van der Waals surface area contributed by atoms with Gasteiger partial charge in [-0.25, -0.2) is 0 Å². The summed E-state index contributed by atoms with van der Waals surface area (Å²) in [5, 5.41) is 2.63. The van der Waals surface area contributed by atoms with E-state index in [4.69, 9.17) is 0 Å². The standard InChI is InChI=1S/C14H17NO2.C2H6/c1-5-14(17)15-13-7-6-11(9(2)3)8-12(13)10(4)16;1-2/h5-9H,1H2,2-4H3,(H,15,17);1-2H3. The molecule has 0 heterocycles. The second kappa shape index (κ2) is 8.25. The number of ketones is 1. The zero-order valence-corrected chi connectivity index (χ0v) is 12.4. The zero-order valence-electron chi connectivity index (χ0n) is 12.4. The Morgan fingerprint density at radius 1 is 1.26 bits per heavy atom. The Balaban J connectivity index is 0.00000154. The topological polar surface area (TPSA) is 46.2 Å². The SMILES string of the molecule is C=CC(=O)Nc1ccc(C(C)C)cc1C(C)=O.CC. The van der Waals surface area contributed by atoms with Gasteiger partial charge in [0.2, 0.25) is 5.91 Å². The van der Waals surface area contributed by atoms with Crippen LogP contribution in [0.3, 0.4) is 0 Å². The van der Waals surface area contributed by atoms with E-state index in [-0.39, 0.29) is 11.7 Å². The molecule has 0 aromatic heterocycles. The van der Waals surface area contributed by atoms with E-state index in [1.807, 2.05) is 26.0 Å². The maximum Gasteiger partial charge on any atom is 0.247 e. The van der Waals surface area contributed by atoms with Crippen LogP contribution in [0.2, 0.25) is 0 Å². The number of hydrogen-bond donors (Lipinski definition) is 1. The van der Waals surface area contributed by atoms with Crippen LogP contribution in [0.5, 0.6) is 0 Å². The quantitative estimate of drug-likeness (QED) is 0.653. The Morgan fingerprint density at radius 2 is 1.84 bits per heavy atom. The molecule has 3 nitrogen and oxygen atoms in total. The predicted octanol–water partition coefficient (Wildman–Crippen LogP) is 4.16. The number of carbonyl (C=O) groups excluding carboxylic acids is 2. The monoisotopic (exact) mass is 261 g/mol. The van der Waals surface area contributed by atoms with Crippen LogP contribution in [-0.4, -0.2) is 11.7 Å². The summed E-state index contributed by atoms with van der Waals surface area (Å²) < 4.78 is 0. The fourth-order valence-corrected chi connectivity index (χ4v) is 1.51. The molecule has 0 atom stereocenters. The lowest BCUT2D eigenvalue weighted by Gasteiger charge is -2.12. The van der Waals surface area contributed by atoms with Crippen molar-refractivity contribution in [2.45, 2.75) is 40.5 Å². The van der Waals surface area contributed by atoms with E-state index in [0.717, 1.165) is 5.56 Å². The molecule has 0 fully saturated rings. The van der Waals surface area contributed by atoms with Crippen molar-refractivity contribution in [2.24, 2.45) is 0 Å². The van der Waals surface area contributed by atoms with Gasteiger partial charge in [-0.3, -0.25) is 9.59 Å². The molecule has 1 amide bonds. The summed E-state index contributed by atoms with van der Waals surface area (Å²) in [6, 6.07) is 5.50. The van der Waals surface area contributed by atoms with Gasteiger partial charge in [-0.2, -0.15) is 0 Å². The van der Waals surface area contributed by atoms with E-state index in [1.54, 1.807) is 6.07 Å². The van der Waals surface area contributed by atoms with Crippen molar-refractivity contribution >= 4 is 17.4 Å². The zero-order chi connectivity index (χ0) is 15.0. The number of nitrogens with one attached hydrogen (secondary N) is 1. The number of rotatable bonds is 4. The van der Waals surface area contributed by atoms with Gasteiger partial charge in [0.05, 0.1) is 5.69 Å². The molecule has 0 unspecified atom stereocenters. The van der Waals surface area contributed by atoms with Gasteiger partial charge < -0.3 is 5.32 Å². The highest BCUT2D eigenvalue weighted by Gasteiger charge is 2.11. The first-order valence-electron chi connectivity index (χ1n) is 6.54. The fourth-order valence-electron chi connectivity index (χ4n) is 1.51. The van der Waals surface area contributed by atoms with Crippen molar-refractivity contribution in [1.29, 1.82) is 0 Å². The molecule has 0 aliphatic heterocycles. The lowest BCUT2D eigenvalue weighted by molar-refractivity contribution is -0.111. The minimum atomic E-state index is -0.315. The van der Waals surface area contributed by atoms with Crippen LogP contribution in [0.1, 0.15) is 56.5 Å². The fraction of sp³-hybridized carbons (Fsp3) is 0.375. The summed E-state index contributed by atoms with van der Waals surface area (Å²) in [6.45, 7) is 13.0. The first-order chi connectivity index (χ1) is 8.95. The average molecular weight is 261 g/mol. The Morgan fingerprint density at radius 3 is 2.26 bits per heavy atom. The smallest absolute Gasteiger partial charge is 0.247 e. The molecule has 19 heavy (non-hydrogen) atoms. The first-order valence-corrected chi connectivity index (χ1v) is 6.54. The second-order valence-electron chi connectivity index (χ2n) is 4.21. The summed E-state index contributed by atoms with van der Waals surface area (Å²) in [5.41, 5.74) is 2.14. The maximum atomic E-state index is 11.5. The minimum Gasteiger partial charge on any atom is -0.322 e. The average Bonchev–Trinajstić information content (AvgIpc) is 2.40. The van der Waals surface area contributed by atoms with Gasteiger partial charge in [-0.05, 0) is 36.6 Å². The molecule has 0 saturated heterocycles. The molecule has 0 bridgehead atoms. The molecule has 104 valence electrons. The molecular weight excluding hydrogens is 238 g/mol. The lowest BCUT2D eigenvalue weighted by Crippen LogP contribution is -2.11. The van der Waals surface area contributed by atoms with Crippen LogP contribution in [0, 0.1) is 0 Å². The highest BCUT2D eigenvalue weighted by molar-refractivity contribution is 6.06. The van der Waals surface area contributed by atoms with E-state index in [2.05, 4.69) is 25.7 Å². The summed E-state index contributed by atoms with van der Waals surface area (Å²) in [4.78, 5) is 22.8. The van der Waals surface area contributed by atoms with E-state index >= 15 is 0 Å². The van der Waals surface area contributed by atoms with Crippen LogP contribution >= 0.6 is 0 Å². The molecule has 1 aromatic rings. The number of hydrogen-bond acceptors (Lipinski definition) is 2. The van der Waals surface area contributed by atoms with Crippen molar-refractivity contribution in [1.82, 2.24) is 0 Å². The largest absolute Gasteiger partial charge is 0.322 e. The van der Waals surface area contributed by atoms with Crippen LogP contribution in [0.25, 0.3) is 0 Å². The number of benzene rings is 1. The van der Waals surface area contributed by atoms with Gasteiger partial charge in [0.15, 0.2) is 5.78 Å². The Labute approximate surface area is 115 Å². The van der Waals surface area contributed by atoms with Crippen molar-refractivity contribution in [3.63, 3.8) is 0 Å². The summed E-state index contributed by atoms with van der Waals surface area (Å²) >= 11 is 0. The first kappa shape index (κ1) is 17.1. The van der Waals surface area contributed by atoms with Crippen LogP contribution < -0.4 is 5.32 Å². The van der Waals surface area contributed by atoms with Crippen LogP contribution in [0.4, 0.5) is 5.69 Å². The summed E-state index contributed by atoms with van der Waals surface area (Å²) in [5.74, 6) is -0.0334. The minimum absolute atomic E-state index is 0.0631. The van der Waals surface area contributed by atoms with Crippen molar-refractivity contribution in [3.8, 4) is 0 Å². The Hall–Kier alpha value is -1.90. The highest BCUT2D eigenvalue weighted by Crippen LogP contribution is 2.23. The summed E-state index contributed by atoms with van der Waals surface area (Å²) in [6.07, 6.45) is 1.18. The third-order valence-corrected chi connectivity index (χ3v) is 2.53. The molecule has 0 saturated carbocycles.